The fraction of sp³-hybridized carbons (Fsp3) is 0.750. The van der Waals surface area contributed by atoms with Gasteiger partial charge in [0.05, 0.1) is 40.4 Å². The number of rotatable bonds is 2. The molecule has 1 rings (SSSR count). The summed E-state index contributed by atoms with van der Waals surface area (Å²) in [6, 6.07) is 1.64. The lowest BCUT2D eigenvalue weighted by atomic mass is 9.49. The van der Waals surface area contributed by atoms with Crippen molar-refractivity contribution in [2.24, 2.45) is 5.92 Å². The lowest BCUT2D eigenvalue weighted by Crippen LogP contribution is -2.68. The maximum atomic E-state index is 11.9. The summed E-state index contributed by atoms with van der Waals surface area (Å²) in [5.74, 6) is -2.17. The Balaban J connectivity index is 3.45. The molecule has 0 aromatic heterocycles. The monoisotopic (exact) mass is 249 g/mol. The maximum absolute atomic E-state index is 11.9. The minimum Gasteiger partial charge on any atom is -0.396 e. The maximum Gasteiger partial charge on any atom is 0.154 e. The highest BCUT2D eigenvalue weighted by Crippen LogP contribution is 2.51. The van der Waals surface area contributed by atoms with Crippen molar-refractivity contribution in [3.05, 3.63) is 0 Å². The van der Waals surface area contributed by atoms with Crippen molar-refractivity contribution in [2.75, 3.05) is 0 Å². The van der Waals surface area contributed by atoms with Gasteiger partial charge in [0.15, 0.2) is 5.78 Å². The highest BCUT2D eigenvalue weighted by Gasteiger charge is 2.75. The van der Waals surface area contributed by atoms with Gasteiger partial charge in [-0.1, -0.05) is 0 Å². The summed E-state index contributed by atoms with van der Waals surface area (Å²) >= 11 is 0. The van der Waals surface area contributed by atoms with E-state index in [1.807, 2.05) is 0 Å². The molecule has 4 atom stereocenters. The highest BCUT2D eigenvalue weighted by molar-refractivity contribution is 6.38. The van der Waals surface area contributed by atoms with Gasteiger partial charge in [0.25, 0.3) is 0 Å². The van der Waals surface area contributed by atoms with Crippen LogP contribution in [-0.2, 0) is 4.79 Å². The standard InChI is InChI=1S/C8H15B4NO5/c9-5(15)4(3(14)1-2-13)6(10,16)8(12,18)7(5,11)17/h4,15-18H,1,9-12H2. The third-order valence-corrected chi connectivity index (χ3v) is 4.62. The van der Waals surface area contributed by atoms with Crippen molar-refractivity contribution in [1.29, 1.82) is 5.26 Å². The first-order valence-electron chi connectivity index (χ1n) is 5.65. The fourth-order valence-corrected chi connectivity index (χ4v) is 2.90. The molecule has 0 radical (unpaired) electrons. The van der Waals surface area contributed by atoms with Gasteiger partial charge in [-0.2, -0.15) is 5.26 Å². The zero-order valence-electron chi connectivity index (χ0n) is 10.9. The van der Waals surface area contributed by atoms with E-state index in [1.165, 1.54) is 15.7 Å². The first-order valence-corrected chi connectivity index (χ1v) is 5.65. The third kappa shape index (κ3) is 1.51. The molecule has 0 heterocycles. The highest BCUT2D eigenvalue weighted by atomic mass is 16.4. The molecular weight excluding hydrogens is 233 g/mol. The van der Waals surface area contributed by atoms with Crippen molar-refractivity contribution >= 4 is 37.2 Å². The smallest absolute Gasteiger partial charge is 0.154 e. The summed E-state index contributed by atoms with van der Waals surface area (Å²) in [7, 11) is 4.65. The minimum absolute atomic E-state index is 0.511. The predicted octanol–water partition coefficient (Wildman–Crippen LogP) is -6.61. The quantitative estimate of drug-likeness (QED) is 0.361. The first-order chi connectivity index (χ1) is 7.85. The molecule has 1 aliphatic carbocycles. The molecule has 1 aliphatic rings. The zero-order chi connectivity index (χ0) is 14.6. The van der Waals surface area contributed by atoms with E-state index in [1.54, 1.807) is 6.07 Å². The van der Waals surface area contributed by atoms with E-state index in [2.05, 4.69) is 0 Å². The number of ketones is 1. The minimum atomic E-state index is -2.10. The molecule has 18 heavy (non-hydrogen) atoms. The van der Waals surface area contributed by atoms with Gasteiger partial charge >= 0.3 is 0 Å². The molecule has 0 spiro atoms. The third-order valence-electron chi connectivity index (χ3n) is 4.62. The molecule has 6 nitrogen and oxygen atoms in total. The fourth-order valence-electron chi connectivity index (χ4n) is 2.90. The number of Topliss-reactive ketones (excluding diaryl/α,β-unsaturated/α-hetero) is 1. The van der Waals surface area contributed by atoms with E-state index in [-0.39, 0.29) is 0 Å². The van der Waals surface area contributed by atoms with Gasteiger partial charge < -0.3 is 20.4 Å². The van der Waals surface area contributed by atoms with E-state index in [4.69, 9.17) is 5.26 Å². The van der Waals surface area contributed by atoms with Crippen LogP contribution in [0.1, 0.15) is 6.42 Å². The second-order valence-corrected chi connectivity index (χ2v) is 5.67. The van der Waals surface area contributed by atoms with Crippen molar-refractivity contribution in [3.63, 3.8) is 0 Å². The summed E-state index contributed by atoms with van der Waals surface area (Å²) in [5.41, 5.74) is -8.29. The van der Waals surface area contributed by atoms with Gasteiger partial charge in [0.1, 0.15) is 31.4 Å². The van der Waals surface area contributed by atoms with Gasteiger partial charge in [0, 0.05) is 0 Å². The average molecular weight is 248 g/mol. The van der Waals surface area contributed by atoms with Crippen LogP contribution in [0.5, 0.6) is 0 Å². The van der Waals surface area contributed by atoms with Crippen molar-refractivity contribution in [2.45, 2.75) is 28.4 Å². The van der Waals surface area contributed by atoms with Gasteiger partial charge in [-0.05, 0) is 0 Å². The molecule has 4 N–H and O–H groups in total. The predicted molar refractivity (Wildman–Crippen MR) is 72.7 cm³/mol. The lowest BCUT2D eigenvalue weighted by Gasteiger charge is -2.43. The molecule has 0 aliphatic heterocycles. The van der Waals surface area contributed by atoms with Crippen molar-refractivity contribution in [3.8, 4) is 6.07 Å². The molecule has 1 fully saturated rings. The molecule has 0 amide bonds. The Morgan fingerprint density at radius 2 is 1.39 bits per heavy atom. The summed E-state index contributed by atoms with van der Waals surface area (Å²) in [5, 5.41) is 49.8. The molecular formula is C8H15B4NO5. The Labute approximate surface area is 109 Å². The summed E-state index contributed by atoms with van der Waals surface area (Å²) in [4.78, 5) is 11.9. The van der Waals surface area contributed by atoms with Crippen LogP contribution < -0.4 is 0 Å². The van der Waals surface area contributed by atoms with Crippen LogP contribution in [0.2, 0.25) is 0 Å². The number of nitriles is 1. The molecule has 4 unspecified atom stereocenters. The van der Waals surface area contributed by atoms with E-state index in [0.717, 1.165) is 15.7 Å². The van der Waals surface area contributed by atoms with Crippen LogP contribution in [0.25, 0.3) is 0 Å². The topological polar surface area (TPSA) is 122 Å². The molecule has 94 valence electrons. The summed E-state index contributed by atoms with van der Waals surface area (Å²) in [6.45, 7) is 0. The molecule has 0 aromatic carbocycles. The van der Waals surface area contributed by atoms with E-state index in [0.29, 0.717) is 0 Å². The molecule has 1 saturated carbocycles. The number of hydrogen-bond acceptors (Lipinski definition) is 6. The van der Waals surface area contributed by atoms with Gasteiger partial charge in [-0.3, -0.25) is 4.79 Å². The summed E-state index contributed by atoms with van der Waals surface area (Å²) in [6.07, 6.45) is -0.511. The SMILES string of the molecule is BC1(O)C(C(=O)CC#N)C(B)(O)C(B)(O)C1(B)O. The van der Waals surface area contributed by atoms with Gasteiger partial charge in [-0.15, -0.1) is 0 Å². The Morgan fingerprint density at radius 3 is 1.67 bits per heavy atom. The molecule has 0 saturated heterocycles. The van der Waals surface area contributed by atoms with Crippen LogP contribution in [0, 0.1) is 17.2 Å². The van der Waals surface area contributed by atoms with Crippen LogP contribution >= 0.6 is 0 Å². The van der Waals surface area contributed by atoms with E-state index in [9.17, 15) is 25.2 Å². The normalized spacial score (nSPS) is 51.8. The molecule has 0 aromatic rings. The van der Waals surface area contributed by atoms with E-state index >= 15 is 0 Å². The number of carbonyl (C=O) groups is 1. The van der Waals surface area contributed by atoms with Crippen LogP contribution in [0.3, 0.4) is 0 Å². The van der Waals surface area contributed by atoms with Crippen LogP contribution in [-0.4, -0.2) is 79.6 Å². The number of carbonyl (C=O) groups excluding carboxylic acids is 1. The Kier molecular flexibility index (Phi) is 3.30. The Morgan fingerprint density at radius 1 is 1.06 bits per heavy atom. The molecule has 0 bridgehead atoms. The lowest BCUT2D eigenvalue weighted by molar-refractivity contribution is -0.134. The second kappa shape index (κ2) is 3.87. The van der Waals surface area contributed by atoms with Crippen LogP contribution in [0.4, 0.5) is 0 Å². The largest absolute Gasteiger partial charge is 0.396 e. The number of nitrogens with zero attached hydrogens (tertiary/aromatic N) is 1. The Bertz CT molecular complexity index is 402. The first kappa shape index (κ1) is 15.3. The Hall–Kier alpha value is -0.740. The number of aliphatic hydroxyl groups is 4. The van der Waals surface area contributed by atoms with Crippen molar-refractivity contribution < 1.29 is 25.2 Å². The van der Waals surface area contributed by atoms with Crippen molar-refractivity contribution in [1.82, 2.24) is 0 Å². The summed E-state index contributed by atoms with van der Waals surface area (Å²) < 4.78 is 0. The average Bonchev–Trinajstić information content (AvgIpc) is 2.21. The molecule has 10 heteroatoms. The van der Waals surface area contributed by atoms with Crippen LogP contribution in [0.15, 0.2) is 0 Å². The van der Waals surface area contributed by atoms with Gasteiger partial charge in [0.2, 0.25) is 0 Å². The van der Waals surface area contributed by atoms with E-state index < -0.39 is 40.1 Å². The van der Waals surface area contributed by atoms with Gasteiger partial charge in [-0.25, -0.2) is 0 Å². The number of hydrogen-bond donors (Lipinski definition) is 4. The second-order valence-electron chi connectivity index (χ2n) is 5.67. The zero-order valence-corrected chi connectivity index (χ0v) is 10.9.